The van der Waals surface area contributed by atoms with E-state index in [1.807, 2.05) is 0 Å². The quantitative estimate of drug-likeness (QED) is 0.779. The molecule has 1 aromatic rings. The Kier molecular flexibility index (Phi) is 8.98. The van der Waals surface area contributed by atoms with E-state index < -0.39 is 8.25 Å². The molecule has 1 rings (SSSR count). The second kappa shape index (κ2) is 9.59. The van der Waals surface area contributed by atoms with Crippen molar-refractivity contribution in [1.29, 1.82) is 0 Å². The van der Waals surface area contributed by atoms with Crippen LogP contribution in [-0.4, -0.2) is 18.0 Å². The fourth-order valence-electron chi connectivity index (χ4n) is 0.822. The average molecular weight is 230 g/mol. The van der Waals surface area contributed by atoms with E-state index in [0.717, 1.165) is 13.1 Å². The summed E-state index contributed by atoms with van der Waals surface area (Å²) in [6, 6.07) is 8.49. The van der Waals surface area contributed by atoms with E-state index in [0.29, 0.717) is 5.75 Å². The number of hydrogen-bond acceptors (Lipinski definition) is 3. The molecule has 0 aliphatic carbocycles. The summed E-state index contributed by atoms with van der Waals surface area (Å²) in [6.07, 6.45) is 0. The van der Waals surface area contributed by atoms with Crippen LogP contribution in [0.5, 0.6) is 5.75 Å². The Bertz CT molecular complexity index is 265. The first-order chi connectivity index (χ1) is 7.20. The average Bonchev–Trinajstić information content (AvgIpc) is 2.20. The van der Waals surface area contributed by atoms with Gasteiger partial charge in [-0.1, -0.05) is 32.0 Å². The standard InChI is InChI=1S/C6H5O3P.C4H11N/c7-10(8)9-6-4-2-1-3-5-6;1-3-5-4-2/h1-5H;5H,3-4H2,1-2H3/p+1. The van der Waals surface area contributed by atoms with Crippen molar-refractivity contribution >= 4 is 8.25 Å². The minimum Gasteiger partial charge on any atom is -0.317 e. The lowest BCUT2D eigenvalue weighted by Gasteiger charge is -1.86. The molecule has 1 aromatic carbocycles. The molecule has 84 valence electrons. The molecular weight excluding hydrogens is 213 g/mol. The van der Waals surface area contributed by atoms with E-state index in [1.165, 1.54) is 0 Å². The fourth-order valence-corrected chi connectivity index (χ4v) is 1.12. The minimum absolute atomic E-state index is 0.408. The smallest absolute Gasteiger partial charge is 0.317 e. The van der Waals surface area contributed by atoms with Gasteiger partial charge in [0.05, 0.1) is 0 Å². The van der Waals surface area contributed by atoms with Crippen LogP contribution >= 0.6 is 8.25 Å². The summed E-state index contributed by atoms with van der Waals surface area (Å²) < 4.78 is 14.6. The number of para-hydroxylation sites is 1. The molecule has 0 fully saturated rings. The van der Waals surface area contributed by atoms with Crippen LogP contribution in [0.25, 0.3) is 0 Å². The van der Waals surface area contributed by atoms with Crippen LogP contribution in [0.2, 0.25) is 0 Å². The maximum absolute atomic E-state index is 10.1. The van der Waals surface area contributed by atoms with Crippen molar-refractivity contribution in [1.82, 2.24) is 5.32 Å². The largest absolute Gasteiger partial charge is 0.747 e. The summed E-state index contributed by atoms with van der Waals surface area (Å²) in [4.78, 5) is 8.29. The van der Waals surface area contributed by atoms with Gasteiger partial charge in [-0.2, -0.15) is 0 Å². The number of nitrogens with one attached hydrogen (secondary N) is 1. The summed E-state index contributed by atoms with van der Waals surface area (Å²) in [5.74, 6) is 0.408. The molecule has 0 radical (unpaired) electrons. The first-order valence-electron chi connectivity index (χ1n) is 4.80. The number of rotatable bonds is 4. The Labute approximate surface area is 91.2 Å². The van der Waals surface area contributed by atoms with Crippen LogP contribution in [0.3, 0.4) is 0 Å². The molecule has 0 aromatic heterocycles. The van der Waals surface area contributed by atoms with Gasteiger partial charge in [-0.25, -0.2) is 4.52 Å². The highest BCUT2D eigenvalue weighted by Gasteiger charge is 2.12. The van der Waals surface area contributed by atoms with Crippen molar-refractivity contribution in [2.24, 2.45) is 0 Å². The highest BCUT2D eigenvalue weighted by molar-refractivity contribution is 7.32. The van der Waals surface area contributed by atoms with E-state index >= 15 is 0 Å². The van der Waals surface area contributed by atoms with Crippen LogP contribution in [0, 0.1) is 0 Å². The lowest BCUT2D eigenvalue weighted by atomic mass is 10.3. The normalized spacial score (nSPS) is 9.93. The zero-order valence-electron chi connectivity index (χ0n) is 9.01. The molecule has 0 saturated carbocycles. The predicted octanol–water partition coefficient (Wildman–Crippen LogP) is 2.33. The molecule has 15 heavy (non-hydrogen) atoms. The zero-order chi connectivity index (χ0) is 11.5. The van der Waals surface area contributed by atoms with E-state index in [2.05, 4.69) is 23.7 Å². The van der Waals surface area contributed by atoms with Crippen LogP contribution in [0.4, 0.5) is 0 Å². The molecule has 0 amide bonds. The number of hydrogen-bond donors (Lipinski definition) is 2. The molecule has 0 aliphatic rings. The first-order valence-corrected chi connectivity index (χ1v) is 5.93. The van der Waals surface area contributed by atoms with Crippen LogP contribution in [0.15, 0.2) is 30.3 Å². The molecule has 0 bridgehead atoms. The lowest BCUT2D eigenvalue weighted by Crippen LogP contribution is -2.09. The van der Waals surface area contributed by atoms with Gasteiger partial charge in [0.2, 0.25) is 0 Å². The van der Waals surface area contributed by atoms with Gasteiger partial charge in [0, 0.05) is 4.57 Å². The molecule has 0 spiro atoms. The van der Waals surface area contributed by atoms with Crippen molar-refractivity contribution in [2.75, 3.05) is 13.1 Å². The molecule has 0 aliphatic heterocycles. The van der Waals surface area contributed by atoms with E-state index in [9.17, 15) is 4.57 Å². The molecular formula is C10H17NO3P+. The third kappa shape index (κ3) is 9.35. The molecule has 2 N–H and O–H groups in total. The maximum atomic E-state index is 10.1. The van der Waals surface area contributed by atoms with Gasteiger partial charge in [-0.15, -0.1) is 4.89 Å². The van der Waals surface area contributed by atoms with Gasteiger partial charge in [-0.3, -0.25) is 0 Å². The topological polar surface area (TPSA) is 58.6 Å². The first kappa shape index (κ1) is 14.0. The van der Waals surface area contributed by atoms with Gasteiger partial charge in [-0.05, 0) is 25.2 Å². The van der Waals surface area contributed by atoms with E-state index in [-0.39, 0.29) is 0 Å². The Hall–Kier alpha value is -0.960. The van der Waals surface area contributed by atoms with Gasteiger partial charge in [0.15, 0.2) is 5.75 Å². The summed E-state index contributed by atoms with van der Waals surface area (Å²) >= 11 is 0. The molecule has 1 unspecified atom stereocenters. The Morgan fingerprint density at radius 3 is 2.13 bits per heavy atom. The van der Waals surface area contributed by atoms with Gasteiger partial charge in [0.25, 0.3) is 0 Å². The van der Waals surface area contributed by atoms with Crippen molar-refractivity contribution in [3.63, 3.8) is 0 Å². The van der Waals surface area contributed by atoms with Crippen LogP contribution in [0.1, 0.15) is 13.8 Å². The molecule has 0 heterocycles. The summed E-state index contributed by atoms with van der Waals surface area (Å²) in [6.45, 7) is 6.39. The highest BCUT2D eigenvalue weighted by Crippen LogP contribution is 2.21. The van der Waals surface area contributed by atoms with E-state index in [1.54, 1.807) is 30.3 Å². The molecule has 1 atom stereocenters. The van der Waals surface area contributed by atoms with Crippen molar-refractivity contribution in [2.45, 2.75) is 13.8 Å². The van der Waals surface area contributed by atoms with Gasteiger partial charge >= 0.3 is 8.25 Å². The molecule has 4 nitrogen and oxygen atoms in total. The number of benzene rings is 1. The van der Waals surface area contributed by atoms with E-state index in [4.69, 9.17) is 4.89 Å². The Balaban J connectivity index is 0.000000336. The third-order valence-electron chi connectivity index (χ3n) is 1.43. The molecule has 0 saturated heterocycles. The van der Waals surface area contributed by atoms with Crippen molar-refractivity contribution in [3.05, 3.63) is 30.3 Å². The Morgan fingerprint density at radius 1 is 1.27 bits per heavy atom. The summed E-state index contributed by atoms with van der Waals surface area (Å²) in [5, 5.41) is 3.11. The SMILES string of the molecule is CCNCC.O=[P+](O)Oc1ccccc1. The van der Waals surface area contributed by atoms with Crippen molar-refractivity contribution in [3.8, 4) is 5.75 Å². The van der Waals surface area contributed by atoms with Crippen molar-refractivity contribution < 1.29 is 14.0 Å². The van der Waals surface area contributed by atoms with Gasteiger partial charge < -0.3 is 5.32 Å². The Morgan fingerprint density at radius 2 is 1.80 bits per heavy atom. The third-order valence-corrected chi connectivity index (χ3v) is 1.79. The lowest BCUT2D eigenvalue weighted by molar-refractivity contribution is 0.410. The van der Waals surface area contributed by atoms with Gasteiger partial charge in [0.1, 0.15) is 0 Å². The minimum atomic E-state index is -2.53. The highest BCUT2D eigenvalue weighted by atomic mass is 31.1. The summed E-state index contributed by atoms with van der Waals surface area (Å²) in [7, 11) is -2.53. The second-order valence-electron chi connectivity index (χ2n) is 2.60. The predicted molar refractivity (Wildman–Crippen MR) is 61.1 cm³/mol. The van der Waals surface area contributed by atoms with Crippen LogP contribution in [-0.2, 0) is 4.57 Å². The monoisotopic (exact) mass is 230 g/mol. The fraction of sp³-hybridized carbons (Fsp3) is 0.400. The second-order valence-corrected chi connectivity index (χ2v) is 3.26. The van der Waals surface area contributed by atoms with Crippen LogP contribution < -0.4 is 9.84 Å². The zero-order valence-corrected chi connectivity index (χ0v) is 9.91. The summed E-state index contributed by atoms with van der Waals surface area (Å²) in [5.41, 5.74) is 0. The maximum Gasteiger partial charge on any atom is 0.747 e. The molecule has 5 heteroatoms.